The van der Waals surface area contributed by atoms with Gasteiger partial charge in [-0.1, -0.05) is 36.4 Å². The van der Waals surface area contributed by atoms with Gasteiger partial charge in [-0.15, -0.1) is 0 Å². The number of nitrogens with zero attached hydrogens (tertiary/aromatic N) is 2. The Kier molecular flexibility index (Phi) is 2.65. The fourth-order valence-electron chi connectivity index (χ4n) is 1.92. The second kappa shape index (κ2) is 4.45. The van der Waals surface area contributed by atoms with Crippen LogP contribution in [0.25, 0.3) is 17.0 Å². The van der Waals surface area contributed by atoms with E-state index >= 15 is 0 Å². The molecule has 0 N–H and O–H groups in total. The molecule has 0 unspecified atom stereocenters. The molecule has 1 aliphatic rings. The van der Waals surface area contributed by atoms with Gasteiger partial charge in [-0.25, -0.2) is 0 Å². The highest BCUT2D eigenvalue weighted by molar-refractivity contribution is 5.58. The monoisotopic (exact) mass is 237 g/mol. The van der Waals surface area contributed by atoms with Crippen LogP contribution in [-0.4, -0.2) is 5.10 Å². The third kappa shape index (κ3) is 1.91. The molecule has 1 aromatic carbocycles. The van der Waals surface area contributed by atoms with Gasteiger partial charge in [0.05, 0.1) is 5.57 Å². The average molecular weight is 237 g/mol. The van der Waals surface area contributed by atoms with Crippen LogP contribution in [0, 0.1) is 6.72 Å². The molecule has 0 spiro atoms. The first-order valence-electron chi connectivity index (χ1n) is 5.83. The Bertz CT molecular complexity index is 724. The van der Waals surface area contributed by atoms with Crippen molar-refractivity contribution >= 4 is 5.57 Å². The highest BCUT2D eigenvalue weighted by Gasteiger charge is 2.14. The molecule has 0 saturated carbocycles. The number of hydrogen-bond donors (Lipinski definition) is 0. The first-order chi connectivity index (χ1) is 8.84. The molecule has 1 aliphatic carbocycles. The third-order valence-corrected chi connectivity index (χ3v) is 2.82. The van der Waals surface area contributed by atoms with Gasteiger partial charge in [0.1, 0.15) is 0 Å². The van der Waals surface area contributed by atoms with Gasteiger partial charge in [0, 0.05) is 17.1 Å². The molecule has 0 atom stereocenters. The molecule has 2 aromatic rings. The highest BCUT2D eigenvalue weighted by Crippen LogP contribution is 2.14. The molecular weight excluding hydrogens is 224 g/mol. The van der Waals surface area contributed by atoms with Crippen molar-refractivity contribution in [1.82, 2.24) is 5.10 Å². The Morgan fingerprint density at radius 3 is 2.72 bits per heavy atom. The van der Waals surface area contributed by atoms with Gasteiger partial charge in [-0.2, -0.15) is 0 Å². The molecule has 88 valence electrons. The zero-order valence-corrected chi connectivity index (χ0v) is 9.91. The summed E-state index contributed by atoms with van der Waals surface area (Å²) in [6, 6.07) is 9.83. The molecule has 0 amide bonds. The van der Waals surface area contributed by atoms with Crippen LogP contribution < -0.4 is 9.90 Å². The van der Waals surface area contributed by atoms with E-state index in [4.69, 9.17) is 4.42 Å². The molecule has 3 rings (SSSR count). The minimum atomic E-state index is 0.594. The maximum absolute atomic E-state index is 5.81. The number of allylic oxidation sites excluding steroid dienone is 4. The second-order valence-electron chi connectivity index (χ2n) is 4.09. The van der Waals surface area contributed by atoms with E-state index in [2.05, 4.69) is 17.9 Å². The first-order valence-corrected chi connectivity index (χ1v) is 5.83. The molecule has 0 radical (unpaired) electrons. The summed E-state index contributed by atoms with van der Waals surface area (Å²) in [6.45, 7) is 3.87. The van der Waals surface area contributed by atoms with Crippen molar-refractivity contribution in [2.24, 2.45) is 0 Å². The van der Waals surface area contributed by atoms with Crippen molar-refractivity contribution in [1.29, 1.82) is 0 Å². The van der Waals surface area contributed by atoms with Crippen LogP contribution in [0.5, 0.6) is 0 Å². The van der Waals surface area contributed by atoms with E-state index in [0.29, 0.717) is 11.4 Å². The van der Waals surface area contributed by atoms with E-state index in [1.165, 1.54) is 0 Å². The minimum absolute atomic E-state index is 0.594. The van der Waals surface area contributed by atoms with Crippen LogP contribution in [-0.2, 0) is 0 Å². The van der Waals surface area contributed by atoms with Gasteiger partial charge in [0.25, 0.3) is 5.89 Å². The lowest BCUT2D eigenvalue weighted by Gasteiger charge is -1.94. The minimum Gasteiger partial charge on any atom is -0.377 e. The molecule has 0 aliphatic heterocycles. The van der Waals surface area contributed by atoms with Gasteiger partial charge in [-0.3, -0.25) is 0 Å². The number of aromatic nitrogens is 2. The Balaban J connectivity index is 2.16. The van der Waals surface area contributed by atoms with Crippen molar-refractivity contribution in [3.63, 3.8) is 0 Å². The average Bonchev–Trinajstić information content (AvgIpc) is 2.83. The van der Waals surface area contributed by atoms with E-state index in [-0.39, 0.29) is 0 Å². The van der Waals surface area contributed by atoms with Crippen LogP contribution >= 0.6 is 0 Å². The van der Waals surface area contributed by atoms with Gasteiger partial charge in [0.2, 0.25) is 0 Å². The Morgan fingerprint density at radius 2 is 2.00 bits per heavy atom. The fraction of sp³-hybridized carbons (Fsp3) is 0.0667. The third-order valence-electron chi connectivity index (χ3n) is 2.82. The van der Waals surface area contributed by atoms with Crippen molar-refractivity contribution < 1.29 is 8.77 Å². The summed E-state index contributed by atoms with van der Waals surface area (Å²) >= 11 is 0. The molecule has 1 aromatic heterocycles. The maximum atomic E-state index is 5.81. The fourth-order valence-corrected chi connectivity index (χ4v) is 1.92. The number of benzene rings is 1. The van der Waals surface area contributed by atoms with Gasteiger partial charge in [0.15, 0.2) is 6.72 Å². The predicted molar refractivity (Wildman–Crippen MR) is 68.8 cm³/mol. The van der Waals surface area contributed by atoms with Gasteiger partial charge in [-0.05, 0) is 22.6 Å². The summed E-state index contributed by atoms with van der Waals surface area (Å²) in [5, 5.41) is 4.32. The van der Waals surface area contributed by atoms with Crippen LogP contribution in [0.15, 0.2) is 59.1 Å². The standard InChI is InChI=1S/C15H13N2O/c1-17-15(13-10-6-3-7-11-13)18-14(16-17)12-8-4-2-5-9-12/h2-10H,1,11H2/q+1. The van der Waals surface area contributed by atoms with Crippen molar-refractivity contribution in [2.75, 3.05) is 0 Å². The van der Waals surface area contributed by atoms with Crippen molar-refractivity contribution in [3.05, 3.63) is 66.9 Å². The summed E-state index contributed by atoms with van der Waals surface area (Å²) in [5.41, 5.74) is 2.74. The summed E-state index contributed by atoms with van der Waals surface area (Å²) in [5.74, 6) is 0.594. The largest absolute Gasteiger partial charge is 0.409 e. The SMILES string of the molecule is C=[n+]1nc(-c2ccccc2)oc1=C1C=CC=CC1. The van der Waals surface area contributed by atoms with Gasteiger partial charge < -0.3 is 4.42 Å². The van der Waals surface area contributed by atoms with Crippen molar-refractivity contribution in [3.8, 4) is 11.5 Å². The first kappa shape index (κ1) is 10.7. The molecular formula is C15H13N2O+. The Morgan fingerprint density at radius 1 is 1.17 bits per heavy atom. The molecule has 3 heteroatoms. The van der Waals surface area contributed by atoms with E-state index < -0.39 is 0 Å². The van der Waals surface area contributed by atoms with E-state index in [0.717, 1.165) is 17.6 Å². The van der Waals surface area contributed by atoms with Crippen LogP contribution in [0.4, 0.5) is 0 Å². The van der Waals surface area contributed by atoms with Crippen molar-refractivity contribution in [2.45, 2.75) is 6.42 Å². The van der Waals surface area contributed by atoms with Crippen LogP contribution in [0.3, 0.4) is 0 Å². The summed E-state index contributed by atoms with van der Waals surface area (Å²) in [6.07, 6.45) is 8.96. The second-order valence-corrected chi connectivity index (χ2v) is 4.09. The Labute approximate surface area is 105 Å². The molecule has 18 heavy (non-hydrogen) atoms. The molecule has 0 fully saturated rings. The van der Waals surface area contributed by atoms with E-state index in [1.807, 2.05) is 48.6 Å². The maximum Gasteiger partial charge on any atom is 0.409 e. The lowest BCUT2D eigenvalue weighted by Crippen LogP contribution is -2.35. The smallest absolute Gasteiger partial charge is 0.377 e. The Hall–Kier alpha value is -2.42. The molecule has 0 bridgehead atoms. The lowest BCUT2D eigenvalue weighted by molar-refractivity contribution is -0.583. The highest BCUT2D eigenvalue weighted by atomic mass is 16.4. The lowest BCUT2D eigenvalue weighted by atomic mass is 10.1. The topological polar surface area (TPSA) is 31.9 Å². The molecule has 1 heterocycles. The zero-order chi connectivity index (χ0) is 12.4. The molecule has 3 nitrogen and oxygen atoms in total. The predicted octanol–water partition coefficient (Wildman–Crippen LogP) is 1.94. The van der Waals surface area contributed by atoms with E-state index in [1.54, 1.807) is 4.36 Å². The zero-order valence-electron chi connectivity index (χ0n) is 9.91. The summed E-state index contributed by atoms with van der Waals surface area (Å²) < 4.78 is 7.35. The van der Waals surface area contributed by atoms with Crippen LogP contribution in [0.1, 0.15) is 6.42 Å². The number of rotatable bonds is 1. The quantitative estimate of drug-likeness (QED) is 0.710. The van der Waals surface area contributed by atoms with Crippen LogP contribution in [0.2, 0.25) is 0 Å². The number of hydrogen-bond acceptors (Lipinski definition) is 2. The summed E-state index contributed by atoms with van der Waals surface area (Å²) in [7, 11) is 0. The summed E-state index contributed by atoms with van der Waals surface area (Å²) in [4.78, 5) is 0. The molecule has 0 saturated heterocycles. The normalized spacial score (nSPS) is 17.1. The van der Waals surface area contributed by atoms with Gasteiger partial charge >= 0.3 is 5.55 Å². The van der Waals surface area contributed by atoms with E-state index in [9.17, 15) is 0 Å².